The van der Waals surface area contributed by atoms with Crippen LogP contribution >= 0.6 is 12.3 Å². The first-order valence-electron chi connectivity index (χ1n) is 25.0. The Balaban J connectivity index is 0.876. The zero-order chi connectivity index (χ0) is 56.1. The molecular weight excluding hydrogens is 1060 g/mol. The summed E-state index contributed by atoms with van der Waals surface area (Å²) in [5, 5.41) is 40.7. The van der Waals surface area contributed by atoms with Gasteiger partial charge in [0, 0.05) is 89.0 Å². The third kappa shape index (κ3) is 21.9. The largest absolute Gasteiger partial charge is 0.494 e. The summed E-state index contributed by atoms with van der Waals surface area (Å²) in [4.78, 5) is 69.2. The fourth-order valence-corrected chi connectivity index (χ4v) is 9.63. The fraction of sp³-hybridized carbons (Fsp3) is 0.460. The molecule has 0 fully saturated rings. The molecule has 78 heavy (non-hydrogen) atoms. The van der Waals surface area contributed by atoms with Gasteiger partial charge in [0.25, 0.3) is 18.2 Å². The highest BCUT2D eigenvalue weighted by Gasteiger charge is 2.29. The summed E-state index contributed by atoms with van der Waals surface area (Å²) in [5.41, 5.74) is 2.46. The Hall–Kier alpha value is -6.89. The molecular formula is C50H68N10O16S2. The van der Waals surface area contributed by atoms with Crippen LogP contribution in [0.1, 0.15) is 66.1 Å². The van der Waals surface area contributed by atoms with E-state index in [0.717, 1.165) is 17.5 Å². The van der Waals surface area contributed by atoms with Crippen LogP contribution in [0.5, 0.6) is 11.5 Å². The lowest BCUT2D eigenvalue weighted by Gasteiger charge is -2.19. The molecule has 2 aromatic heterocycles. The summed E-state index contributed by atoms with van der Waals surface area (Å²) in [7, 11) is -4.38. The molecule has 26 nitrogen and oxygen atoms in total. The van der Waals surface area contributed by atoms with E-state index in [2.05, 4.69) is 55.7 Å². The van der Waals surface area contributed by atoms with E-state index < -0.39 is 40.5 Å². The standard InChI is InChI=1S/C50H68N10O16S2/c1-34-28-41(29-35(2)46(34)78(68,69)59-43(49(65)66)33-56-47(63)38-11-14-44-39(31-38)32-57-60(44)20-5-15-53-50-54-18-19-55-50)73-23-4-8-45(62)51-16-6-21-70-24-26-72-27-25-71-22-7-17-52-48(64)42(58-36(3)61)30-37-9-12-40(13-10-37)74-77-76-75-67/h9-14,18-19,28-29,31-32,42-43,59,67H,4-8,15-17,20-27,30,33H2,1-3H3,(H,51,62)(H,52,64)(H,56,63)(H,58,61)(H,65,66)(H2,53,54,55)/t42-,43+/m1/s1. The molecule has 5 aromatic rings. The van der Waals surface area contributed by atoms with E-state index in [1.165, 1.54) is 19.1 Å². The summed E-state index contributed by atoms with van der Waals surface area (Å²) in [6.07, 6.45) is 7.77. The molecule has 0 bridgehead atoms. The number of aromatic nitrogens is 4. The zero-order valence-corrected chi connectivity index (χ0v) is 45.2. The van der Waals surface area contributed by atoms with Crippen molar-refractivity contribution in [1.82, 2.24) is 45.7 Å². The van der Waals surface area contributed by atoms with E-state index in [-0.39, 0.29) is 47.6 Å². The number of hydrogen-bond donors (Lipinski definition) is 9. The average Bonchev–Trinajstić information content (AvgIpc) is 4.14. The van der Waals surface area contributed by atoms with E-state index in [0.29, 0.717) is 131 Å². The van der Waals surface area contributed by atoms with Crippen LogP contribution in [0.4, 0.5) is 5.95 Å². The molecule has 3 aromatic carbocycles. The van der Waals surface area contributed by atoms with Gasteiger partial charge in [0.05, 0.1) is 49.6 Å². The lowest BCUT2D eigenvalue weighted by Crippen LogP contribution is -2.48. The molecule has 0 spiro atoms. The molecule has 0 unspecified atom stereocenters. The molecule has 2 heterocycles. The summed E-state index contributed by atoms with van der Waals surface area (Å²) in [6.45, 7) is 8.42. The SMILES string of the molecule is CC(=O)N[C@H](Cc1ccc(OSOOO)cc1)C(=O)NCCCOCCOCCOCCCNC(=O)CCCOc1cc(C)c(S(=O)(=O)N[C@@H](CNC(=O)c2ccc3c(cnn3CCCNc3ncc[nH]3)c2)C(=O)O)c(C)c1. The third-order valence-corrected chi connectivity index (χ3v) is 13.5. The van der Waals surface area contributed by atoms with Crippen molar-refractivity contribution in [2.24, 2.45) is 0 Å². The topological polar surface area (TPSA) is 343 Å². The molecule has 9 N–H and O–H groups in total. The van der Waals surface area contributed by atoms with Crippen LogP contribution in [0.25, 0.3) is 10.9 Å². The summed E-state index contributed by atoms with van der Waals surface area (Å²) >= 11 is 0.418. The number of anilines is 1. The summed E-state index contributed by atoms with van der Waals surface area (Å²) in [6, 6.07) is 12.3. The smallest absolute Gasteiger partial charge is 0.323 e. The number of carbonyl (C=O) groups is 5. The molecule has 28 heteroatoms. The molecule has 0 saturated heterocycles. The number of carboxylic acids is 1. The second-order valence-corrected chi connectivity index (χ2v) is 19.6. The van der Waals surface area contributed by atoms with Gasteiger partial charge in [-0.2, -0.15) is 9.82 Å². The third-order valence-electron chi connectivity index (χ3n) is 11.4. The van der Waals surface area contributed by atoms with Crippen LogP contribution in [0, 0.1) is 13.8 Å². The van der Waals surface area contributed by atoms with Gasteiger partial charge in [-0.3, -0.25) is 28.7 Å². The van der Waals surface area contributed by atoms with Gasteiger partial charge in [0.15, 0.2) is 5.95 Å². The Kier molecular flexibility index (Phi) is 26.5. The monoisotopic (exact) mass is 1130 g/mol. The van der Waals surface area contributed by atoms with Gasteiger partial charge in [-0.25, -0.2) is 18.7 Å². The second-order valence-electron chi connectivity index (χ2n) is 17.5. The minimum Gasteiger partial charge on any atom is -0.494 e. The molecule has 0 saturated carbocycles. The van der Waals surface area contributed by atoms with Crippen LogP contribution in [0.15, 0.2) is 78.1 Å². The first-order chi connectivity index (χ1) is 37.6. The highest BCUT2D eigenvalue weighted by Crippen LogP contribution is 2.27. The van der Waals surface area contributed by atoms with Crippen LogP contribution in [-0.2, 0) is 65.7 Å². The number of H-pyrrole nitrogens is 1. The Bertz CT molecular complexity index is 2760. The van der Waals surface area contributed by atoms with Crippen molar-refractivity contribution in [3.63, 3.8) is 0 Å². The number of benzene rings is 3. The Morgan fingerprint density at radius 1 is 0.795 bits per heavy atom. The number of nitrogens with one attached hydrogen (secondary N) is 7. The number of carbonyl (C=O) groups excluding carboxylic acids is 4. The van der Waals surface area contributed by atoms with Crippen molar-refractivity contribution in [3.05, 3.63) is 95.4 Å². The van der Waals surface area contributed by atoms with Crippen molar-refractivity contribution < 1.29 is 75.3 Å². The van der Waals surface area contributed by atoms with Crippen molar-refractivity contribution in [2.45, 2.75) is 82.8 Å². The first kappa shape index (κ1) is 62.0. The molecule has 0 aliphatic rings. The van der Waals surface area contributed by atoms with Crippen molar-refractivity contribution in [1.29, 1.82) is 0 Å². The Labute approximate surface area is 455 Å². The molecule has 4 amide bonds. The Morgan fingerprint density at radius 3 is 2.14 bits per heavy atom. The number of imidazole rings is 1. The average molecular weight is 1130 g/mol. The first-order valence-corrected chi connectivity index (χ1v) is 27.2. The van der Waals surface area contributed by atoms with E-state index in [1.54, 1.807) is 74.9 Å². The maximum Gasteiger partial charge on any atom is 0.323 e. The second kappa shape index (κ2) is 33.4. The number of aryl methyl sites for hydroxylation is 3. The minimum atomic E-state index is -4.38. The van der Waals surface area contributed by atoms with E-state index >= 15 is 0 Å². The van der Waals surface area contributed by atoms with Crippen LogP contribution in [0.2, 0.25) is 0 Å². The number of ether oxygens (including phenoxy) is 4. The van der Waals surface area contributed by atoms with Gasteiger partial charge >= 0.3 is 5.97 Å². The lowest BCUT2D eigenvalue weighted by molar-refractivity contribution is -0.433. The van der Waals surface area contributed by atoms with Gasteiger partial charge in [0.2, 0.25) is 27.7 Å². The van der Waals surface area contributed by atoms with E-state index in [9.17, 15) is 37.5 Å². The predicted molar refractivity (Wildman–Crippen MR) is 285 cm³/mol. The number of aromatic amines is 1. The summed E-state index contributed by atoms with van der Waals surface area (Å²) < 4.78 is 62.9. The minimum absolute atomic E-state index is 0.118. The number of fused-ring (bicyclic) bond motifs is 1. The van der Waals surface area contributed by atoms with Crippen molar-refractivity contribution in [3.8, 4) is 11.5 Å². The van der Waals surface area contributed by atoms with Gasteiger partial charge in [-0.1, -0.05) is 21.5 Å². The van der Waals surface area contributed by atoms with E-state index in [1.807, 2.05) is 4.68 Å². The van der Waals surface area contributed by atoms with Crippen molar-refractivity contribution in [2.75, 3.05) is 77.7 Å². The molecule has 426 valence electrons. The molecule has 2 atom stereocenters. The quantitative estimate of drug-likeness (QED) is 0.0118. The number of rotatable bonds is 39. The highest BCUT2D eigenvalue weighted by molar-refractivity contribution is 7.90. The highest BCUT2D eigenvalue weighted by atomic mass is 32.2. The van der Waals surface area contributed by atoms with Gasteiger partial charge < -0.3 is 59.8 Å². The number of nitrogens with zero attached hydrogens (tertiary/aromatic N) is 3. The maximum atomic E-state index is 13.6. The number of aliphatic carboxylic acids is 1. The number of sulfonamides is 1. The fourth-order valence-electron chi connectivity index (χ4n) is 7.75. The number of hydrogen-bond acceptors (Lipinski definition) is 19. The van der Waals surface area contributed by atoms with Gasteiger partial charge in [-0.15, -0.1) is 0 Å². The van der Waals surface area contributed by atoms with Gasteiger partial charge in [-0.05, 0) is 98.7 Å². The van der Waals surface area contributed by atoms with Crippen LogP contribution in [0.3, 0.4) is 0 Å². The number of amides is 4. The number of carboxylic acid groups (broad SMARTS) is 1. The molecule has 0 aliphatic carbocycles. The molecule has 0 aliphatic heterocycles. The van der Waals surface area contributed by atoms with Crippen molar-refractivity contribution >= 4 is 68.8 Å². The zero-order valence-electron chi connectivity index (χ0n) is 43.6. The Morgan fingerprint density at radius 2 is 1.49 bits per heavy atom. The van der Waals surface area contributed by atoms with Crippen LogP contribution < -0.4 is 40.2 Å². The van der Waals surface area contributed by atoms with Gasteiger partial charge in [0.1, 0.15) is 23.6 Å². The van der Waals surface area contributed by atoms with E-state index in [4.69, 9.17) is 28.4 Å². The predicted octanol–water partition coefficient (Wildman–Crippen LogP) is 3.37. The van der Waals surface area contributed by atoms with Crippen LogP contribution in [-0.4, -0.2) is 153 Å². The normalized spacial score (nSPS) is 12.2. The summed E-state index contributed by atoms with van der Waals surface area (Å²) in [5.74, 6) is -1.42. The maximum absolute atomic E-state index is 13.6. The lowest BCUT2D eigenvalue weighted by atomic mass is 10.0. The molecule has 0 radical (unpaired) electrons. The molecule has 5 rings (SSSR count).